The number of aromatic nitrogens is 5. The highest BCUT2D eigenvalue weighted by atomic mass is 15.0. The maximum atomic E-state index is 2.38. The summed E-state index contributed by atoms with van der Waals surface area (Å²) in [7, 11) is 0. The quantitative estimate of drug-likeness (QED) is 0.159. The molecule has 0 aliphatic heterocycles. The van der Waals surface area contributed by atoms with E-state index in [2.05, 4.69) is 429 Å². The van der Waals surface area contributed by atoms with Crippen molar-refractivity contribution in [3.8, 4) is 39.6 Å². The number of hydrogen-bond donors (Lipinski definition) is 0. The van der Waals surface area contributed by atoms with E-state index in [1.54, 1.807) is 0 Å². The van der Waals surface area contributed by atoms with Gasteiger partial charge < -0.3 is 22.8 Å². The number of nitrogens with zero attached hydrogens (tertiary/aromatic N) is 5. The highest BCUT2D eigenvalue weighted by Gasteiger charge is 2.18. The molecule has 0 saturated heterocycles. The van der Waals surface area contributed by atoms with Crippen LogP contribution in [0.4, 0.5) is 0 Å². The third kappa shape index (κ3) is 10.6. The van der Waals surface area contributed by atoms with E-state index >= 15 is 0 Å². The normalized spacial score (nSPS) is 11.5. The van der Waals surface area contributed by atoms with Gasteiger partial charge in [-0.1, -0.05) is 297 Å². The molecule has 5 nitrogen and oxygen atoms in total. The van der Waals surface area contributed by atoms with Crippen molar-refractivity contribution in [2.45, 2.75) is 0 Å². The van der Waals surface area contributed by atoms with Crippen LogP contribution < -0.4 is 0 Å². The molecule has 0 N–H and O–H groups in total. The summed E-state index contributed by atoms with van der Waals surface area (Å²) in [6, 6.07) is 145. The molecule has 0 atom stereocenters. The molecule has 0 bridgehead atoms. The molecule has 103 heavy (non-hydrogen) atoms. The van der Waals surface area contributed by atoms with Gasteiger partial charge in [-0.15, -0.1) is 0 Å². The van der Waals surface area contributed by atoms with Gasteiger partial charge in [-0.05, 0) is 136 Å². The van der Waals surface area contributed by atoms with Crippen molar-refractivity contribution in [3.63, 3.8) is 0 Å². The molecule has 22 aromatic rings. The molecule has 484 valence electrons. The molecule has 0 amide bonds. The fourth-order valence-electron chi connectivity index (χ4n) is 15.9. The largest absolute Gasteiger partial charge is 0.309 e. The first-order chi connectivity index (χ1) is 51.2. The Balaban J connectivity index is 0.0000000957. The summed E-state index contributed by atoms with van der Waals surface area (Å²) < 4.78 is 11.8. The molecule has 5 heterocycles. The zero-order chi connectivity index (χ0) is 68.2. The summed E-state index contributed by atoms with van der Waals surface area (Å²) in [6.45, 7) is 0. The Kier molecular flexibility index (Phi) is 15.2. The molecule has 5 aromatic heterocycles. The number of hydrogen-bond acceptors (Lipinski definition) is 0. The van der Waals surface area contributed by atoms with Gasteiger partial charge in [0.2, 0.25) is 0 Å². The summed E-state index contributed by atoms with van der Waals surface area (Å²) in [5.41, 5.74) is 20.9. The highest BCUT2D eigenvalue weighted by Crippen LogP contribution is 2.39. The van der Waals surface area contributed by atoms with Crippen molar-refractivity contribution < 1.29 is 0 Å². The smallest absolute Gasteiger partial charge is 0.0541 e. The van der Waals surface area contributed by atoms with Crippen LogP contribution in [-0.4, -0.2) is 22.8 Å². The van der Waals surface area contributed by atoms with Crippen LogP contribution in [0.15, 0.2) is 406 Å². The summed E-state index contributed by atoms with van der Waals surface area (Å²) in [6.07, 6.45) is 0. The van der Waals surface area contributed by atoms with E-state index in [0.29, 0.717) is 0 Å². The van der Waals surface area contributed by atoms with Crippen LogP contribution in [0, 0.1) is 0 Å². The Hall–Kier alpha value is -13.7. The molecule has 5 heteroatoms. The molecule has 0 aliphatic rings. The van der Waals surface area contributed by atoms with Crippen molar-refractivity contribution in [1.82, 2.24) is 22.8 Å². The van der Waals surface area contributed by atoms with Crippen molar-refractivity contribution in [2.24, 2.45) is 0 Å². The van der Waals surface area contributed by atoms with E-state index in [9.17, 15) is 0 Å². The zero-order valence-electron chi connectivity index (χ0n) is 56.4. The van der Waals surface area contributed by atoms with Crippen LogP contribution in [0.5, 0.6) is 0 Å². The lowest BCUT2D eigenvalue weighted by atomic mass is 10.1. The van der Waals surface area contributed by atoms with Crippen molar-refractivity contribution in [1.29, 1.82) is 0 Å². The molecule has 0 aliphatic carbocycles. The molecule has 22 rings (SSSR count). The van der Waals surface area contributed by atoms with E-state index in [1.807, 2.05) is 0 Å². The van der Waals surface area contributed by atoms with Gasteiger partial charge in [-0.3, -0.25) is 0 Å². The summed E-state index contributed by atoms with van der Waals surface area (Å²) in [5.74, 6) is 0. The molecule has 17 aromatic carbocycles. The molecular formula is C98H67N5. The van der Waals surface area contributed by atoms with E-state index in [1.165, 1.54) is 170 Å². The first-order valence-electron chi connectivity index (χ1n) is 35.3. The van der Waals surface area contributed by atoms with Gasteiger partial charge in [0.25, 0.3) is 0 Å². The Morgan fingerprint density at radius 2 is 0.379 bits per heavy atom. The second kappa shape index (κ2) is 25.8. The SMILES string of the molecule is c1cc(-n2c3ccccc3c3ccccc32)cc(-n2c3ccccc3c3ccccc32)c1.c1ccc(-c2ccc(-n3c4ccccc4c4ccccc43)cc2)cc1.c1ccc2c(-n3c4ccccc4c4ccccc43)cccc2c1.c1ccc2cc(-n3c4ccccc4c4ccccc43)ccc2c1. The van der Waals surface area contributed by atoms with Crippen molar-refractivity contribution in [3.05, 3.63) is 406 Å². The maximum absolute atomic E-state index is 2.38. The second-order valence-corrected chi connectivity index (χ2v) is 26.3. The predicted octanol–water partition coefficient (Wildman–Crippen LogP) is 26.2. The fourth-order valence-corrected chi connectivity index (χ4v) is 15.9. The Morgan fingerprint density at radius 3 is 0.757 bits per heavy atom. The number of rotatable bonds is 6. The number of benzene rings is 17. The number of fused-ring (bicyclic) bond motifs is 17. The minimum atomic E-state index is 1.17. The zero-order valence-corrected chi connectivity index (χ0v) is 56.4. The first kappa shape index (κ1) is 60.4. The minimum Gasteiger partial charge on any atom is -0.309 e. The molecule has 0 spiro atoms. The van der Waals surface area contributed by atoms with Gasteiger partial charge in [0.1, 0.15) is 0 Å². The van der Waals surface area contributed by atoms with Crippen LogP contribution >= 0.6 is 0 Å². The molecule has 0 unspecified atom stereocenters. The van der Waals surface area contributed by atoms with Crippen LogP contribution in [0.3, 0.4) is 0 Å². The van der Waals surface area contributed by atoms with Gasteiger partial charge in [-0.2, -0.15) is 0 Å². The summed E-state index contributed by atoms with van der Waals surface area (Å²) in [5, 5.41) is 18.0. The van der Waals surface area contributed by atoms with E-state index in [4.69, 9.17) is 0 Å². The molecule has 0 fully saturated rings. The monoisotopic (exact) mass is 1310 g/mol. The van der Waals surface area contributed by atoms with Gasteiger partial charge in [0, 0.05) is 82.0 Å². The maximum Gasteiger partial charge on any atom is 0.0541 e. The van der Waals surface area contributed by atoms with Crippen LogP contribution in [0.1, 0.15) is 0 Å². The average Bonchev–Trinajstić information content (AvgIpc) is 1.67. The average molecular weight is 1310 g/mol. The first-order valence-corrected chi connectivity index (χ1v) is 35.3. The van der Waals surface area contributed by atoms with Crippen LogP contribution in [-0.2, 0) is 0 Å². The Bertz CT molecular complexity index is 6530. The van der Waals surface area contributed by atoms with Crippen LogP contribution in [0.25, 0.3) is 170 Å². The summed E-state index contributed by atoms with van der Waals surface area (Å²) >= 11 is 0. The number of para-hydroxylation sites is 10. The lowest BCUT2D eigenvalue weighted by molar-refractivity contribution is 1.13. The van der Waals surface area contributed by atoms with E-state index < -0.39 is 0 Å². The third-order valence-corrected chi connectivity index (χ3v) is 20.5. The Labute approximate surface area is 595 Å². The third-order valence-electron chi connectivity index (χ3n) is 20.5. The topological polar surface area (TPSA) is 24.6 Å². The highest BCUT2D eigenvalue weighted by molar-refractivity contribution is 6.14. The predicted molar refractivity (Wildman–Crippen MR) is 438 cm³/mol. The minimum absolute atomic E-state index is 1.17. The second-order valence-electron chi connectivity index (χ2n) is 26.3. The van der Waals surface area contributed by atoms with Crippen molar-refractivity contribution >= 4 is 131 Å². The lowest BCUT2D eigenvalue weighted by Gasteiger charge is -2.12. The molecule has 0 radical (unpaired) electrons. The Morgan fingerprint density at radius 1 is 0.126 bits per heavy atom. The van der Waals surface area contributed by atoms with Gasteiger partial charge in [-0.25, -0.2) is 0 Å². The van der Waals surface area contributed by atoms with Gasteiger partial charge in [0.05, 0.1) is 60.9 Å². The molecular weight excluding hydrogens is 1250 g/mol. The van der Waals surface area contributed by atoms with E-state index in [0.717, 1.165) is 0 Å². The fraction of sp³-hybridized carbons (Fsp3) is 0. The van der Waals surface area contributed by atoms with Crippen LogP contribution in [0.2, 0.25) is 0 Å². The van der Waals surface area contributed by atoms with Gasteiger partial charge >= 0.3 is 0 Å². The van der Waals surface area contributed by atoms with Crippen molar-refractivity contribution in [2.75, 3.05) is 0 Å². The standard InChI is InChI=1S/C30H20N2.C24H17N.2C22H15N/c1-5-16-27-23(12-1)24-13-2-6-17-28(24)31(27)21-10-9-11-22(20-21)32-29-18-7-3-14-25(29)26-15-4-8-19-30(26)32;1-2-8-18(9-3-1)19-14-16-20(17-15-19)25-23-12-6-4-10-21(23)22-11-5-7-13-24(22)25;1-2-10-17-16(8-1)9-7-15-20(17)23-21-13-5-3-11-18(21)19-12-4-6-14-22(19)23;1-2-8-17-15-18(14-13-16(17)7-1)23-21-11-5-3-9-19(21)20-10-4-6-12-22(20)23/h1-20H;1-17H;2*1-15H. The molecule has 0 saturated carbocycles. The van der Waals surface area contributed by atoms with Gasteiger partial charge in [0.15, 0.2) is 0 Å². The van der Waals surface area contributed by atoms with E-state index in [-0.39, 0.29) is 0 Å². The summed E-state index contributed by atoms with van der Waals surface area (Å²) in [4.78, 5) is 0. The lowest BCUT2D eigenvalue weighted by Crippen LogP contribution is -1.98.